The largest absolute Gasteiger partial charge is 0.334 e. The molecule has 65 heavy (non-hydrogen) atoms. The molecule has 2 unspecified atom stereocenters. The molecule has 1 saturated carbocycles. The minimum atomic E-state index is -0.0488. The van der Waals surface area contributed by atoms with Crippen LogP contribution in [0.2, 0.25) is 0 Å². The standard InChI is InChI=1S/C61H64BN3/c1-39-33-41(3)57-48(34-39)60(10)31-17-18-32-61(60,11)65(57)46-28-29-50-53(38-46)63(45-26-23-43(24-27-45)58(4,5)6)54-35-40(2)36-55-56(54)62(50)49-21-15-16-22-52(49)64(55)51-30-25-44(59(7,8)9)37-47(51)42-19-13-12-14-20-42/h12-16,19-30,33-38H,17-18,31-32H2,1-11H3. The normalized spacial score (nSPS) is 19.7. The van der Waals surface area contributed by atoms with Gasteiger partial charge in [0.15, 0.2) is 0 Å². The van der Waals surface area contributed by atoms with E-state index in [2.05, 4.69) is 230 Å². The summed E-state index contributed by atoms with van der Waals surface area (Å²) in [6.07, 6.45) is 4.91. The molecule has 326 valence electrons. The summed E-state index contributed by atoms with van der Waals surface area (Å²) in [4.78, 5) is 7.99. The van der Waals surface area contributed by atoms with Crippen LogP contribution in [0.15, 0.2) is 140 Å². The average Bonchev–Trinajstić information content (AvgIpc) is 3.48. The molecule has 4 aliphatic rings. The van der Waals surface area contributed by atoms with Crippen molar-refractivity contribution in [2.45, 2.75) is 124 Å². The van der Waals surface area contributed by atoms with E-state index < -0.39 is 0 Å². The van der Waals surface area contributed by atoms with Crippen LogP contribution in [0.1, 0.15) is 114 Å². The number of fused-ring (bicyclic) bond motifs is 7. The van der Waals surface area contributed by atoms with Crippen molar-refractivity contribution in [3.8, 4) is 11.1 Å². The van der Waals surface area contributed by atoms with Crippen LogP contribution in [0.4, 0.5) is 45.5 Å². The van der Waals surface area contributed by atoms with Crippen LogP contribution < -0.4 is 31.1 Å². The quantitative estimate of drug-likeness (QED) is 0.163. The molecule has 4 heteroatoms. The minimum absolute atomic E-state index is 0.00286. The number of rotatable bonds is 4. The minimum Gasteiger partial charge on any atom is -0.334 e. The van der Waals surface area contributed by atoms with E-state index in [1.54, 1.807) is 0 Å². The lowest BCUT2D eigenvalue weighted by molar-refractivity contribution is 0.195. The van der Waals surface area contributed by atoms with Gasteiger partial charge in [0.25, 0.3) is 6.71 Å². The predicted octanol–water partition coefficient (Wildman–Crippen LogP) is 14.7. The molecule has 11 rings (SSSR count). The highest BCUT2D eigenvalue weighted by atomic mass is 15.3. The molecular formula is C61H64BN3. The maximum absolute atomic E-state index is 2.79. The van der Waals surface area contributed by atoms with Crippen molar-refractivity contribution in [1.82, 2.24) is 0 Å². The van der Waals surface area contributed by atoms with Crippen molar-refractivity contribution >= 4 is 68.6 Å². The molecule has 3 nitrogen and oxygen atoms in total. The van der Waals surface area contributed by atoms with Crippen LogP contribution in [-0.2, 0) is 16.2 Å². The van der Waals surface area contributed by atoms with Gasteiger partial charge < -0.3 is 14.7 Å². The summed E-state index contributed by atoms with van der Waals surface area (Å²) >= 11 is 0. The Morgan fingerprint density at radius 2 is 1.12 bits per heavy atom. The Morgan fingerprint density at radius 3 is 1.85 bits per heavy atom. The molecule has 7 aromatic carbocycles. The maximum atomic E-state index is 2.79. The number of hydrogen-bond acceptors (Lipinski definition) is 3. The Balaban J connectivity index is 1.18. The molecule has 0 aromatic heterocycles. The third-order valence-electron chi connectivity index (χ3n) is 16.1. The zero-order valence-electron chi connectivity index (χ0n) is 40.5. The summed E-state index contributed by atoms with van der Waals surface area (Å²) in [5.74, 6) is 0. The third-order valence-corrected chi connectivity index (χ3v) is 16.1. The summed E-state index contributed by atoms with van der Waals surface area (Å²) in [6.45, 7) is 26.0. The maximum Gasteiger partial charge on any atom is 0.252 e. The number of aryl methyl sites for hydroxylation is 3. The van der Waals surface area contributed by atoms with Crippen molar-refractivity contribution < 1.29 is 0 Å². The van der Waals surface area contributed by atoms with Gasteiger partial charge in [0.05, 0.1) is 11.2 Å². The Hall–Kier alpha value is -6.00. The average molecular weight is 850 g/mol. The lowest BCUT2D eigenvalue weighted by Crippen LogP contribution is -2.61. The fourth-order valence-electron chi connectivity index (χ4n) is 12.5. The van der Waals surface area contributed by atoms with Gasteiger partial charge in [0.1, 0.15) is 0 Å². The Kier molecular flexibility index (Phi) is 9.30. The number of benzene rings is 7. The topological polar surface area (TPSA) is 9.72 Å². The SMILES string of the molecule is Cc1cc2c3c(c1)N(c1ccc(C(C)(C)C)cc1-c1ccccc1)c1ccccc1B3c1ccc(N3c4c(C)cc(C)cc4C4(C)CCCCC34C)cc1N2c1ccc(C(C)(C)C)cc1. The van der Waals surface area contributed by atoms with Crippen molar-refractivity contribution in [2.75, 3.05) is 14.7 Å². The van der Waals surface area contributed by atoms with Crippen molar-refractivity contribution in [3.05, 3.63) is 173 Å². The fourth-order valence-corrected chi connectivity index (χ4v) is 12.5. The number of hydrogen-bond donors (Lipinski definition) is 0. The van der Waals surface area contributed by atoms with Crippen molar-refractivity contribution in [2.24, 2.45) is 0 Å². The number of para-hydroxylation sites is 1. The van der Waals surface area contributed by atoms with Gasteiger partial charge in [-0.05, 0) is 156 Å². The third kappa shape index (κ3) is 6.22. The molecule has 1 fully saturated rings. The van der Waals surface area contributed by atoms with Gasteiger partial charge in [0, 0.05) is 50.8 Å². The van der Waals surface area contributed by atoms with Gasteiger partial charge >= 0.3 is 0 Å². The molecule has 3 heterocycles. The monoisotopic (exact) mass is 850 g/mol. The van der Waals surface area contributed by atoms with Gasteiger partial charge in [-0.1, -0.05) is 152 Å². The van der Waals surface area contributed by atoms with Crippen LogP contribution in [0.25, 0.3) is 11.1 Å². The molecular weight excluding hydrogens is 786 g/mol. The first-order valence-corrected chi connectivity index (χ1v) is 24.2. The highest BCUT2D eigenvalue weighted by Gasteiger charge is 2.58. The van der Waals surface area contributed by atoms with E-state index in [4.69, 9.17) is 0 Å². The molecule has 0 bridgehead atoms. The lowest BCUT2D eigenvalue weighted by Gasteiger charge is -2.51. The zero-order chi connectivity index (χ0) is 45.4. The van der Waals surface area contributed by atoms with Crippen molar-refractivity contribution in [1.29, 1.82) is 0 Å². The second-order valence-corrected chi connectivity index (χ2v) is 22.4. The summed E-state index contributed by atoms with van der Waals surface area (Å²) in [6, 6.07) is 54.2. The van der Waals surface area contributed by atoms with Gasteiger partial charge in [-0.25, -0.2) is 0 Å². The zero-order valence-corrected chi connectivity index (χ0v) is 40.5. The van der Waals surface area contributed by atoms with Crippen LogP contribution in [0.3, 0.4) is 0 Å². The van der Waals surface area contributed by atoms with Gasteiger partial charge in [0.2, 0.25) is 0 Å². The van der Waals surface area contributed by atoms with E-state index in [0.717, 1.165) is 0 Å². The summed E-state index contributed by atoms with van der Waals surface area (Å²) in [5.41, 5.74) is 24.9. The van der Waals surface area contributed by atoms with E-state index in [-0.39, 0.29) is 28.5 Å². The molecule has 0 spiro atoms. The van der Waals surface area contributed by atoms with E-state index >= 15 is 0 Å². The molecule has 1 aliphatic carbocycles. The molecule has 3 aliphatic heterocycles. The molecule has 2 atom stereocenters. The van der Waals surface area contributed by atoms with Gasteiger partial charge in [-0.3, -0.25) is 0 Å². The number of anilines is 8. The second-order valence-electron chi connectivity index (χ2n) is 22.4. The smallest absolute Gasteiger partial charge is 0.252 e. The summed E-state index contributed by atoms with van der Waals surface area (Å²) in [5, 5.41) is 0. The molecule has 7 aromatic rings. The van der Waals surface area contributed by atoms with Crippen LogP contribution >= 0.6 is 0 Å². The van der Waals surface area contributed by atoms with E-state index in [9.17, 15) is 0 Å². The van der Waals surface area contributed by atoms with Crippen LogP contribution in [0, 0.1) is 20.8 Å². The first-order valence-electron chi connectivity index (χ1n) is 24.2. The lowest BCUT2D eigenvalue weighted by atomic mass is 9.33. The second kappa shape index (κ2) is 14.5. The molecule has 0 amide bonds. The predicted molar refractivity (Wildman–Crippen MR) is 280 cm³/mol. The highest BCUT2D eigenvalue weighted by molar-refractivity contribution is 7.00. The first-order chi connectivity index (χ1) is 31.0. The first kappa shape index (κ1) is 41.7. The Labute approximate surface area is 389 Å². The van der Waals surface area contributed by atoms with E-state index in [0.29, 0.717) is 0 Å². The van der Waals surface area contributed by atoms with Crippen molar-refractivity contribution in [3.63, 3.8) is 0 Å². The highest BCUT2D eigenvalue weighted by Crippen LogP contribution is 2.62. The Morgan fingerprint density at radius 1 is 0.508 bits per heavy atom. The van der Waals surface area contributed by atoms with E-state index in [1.165, 1.54) is 132 Å². The number of nitrogens with zero attached hydrogens (tertiary/aromatic N) is 3. The van der Waals surface area contributed by atoms with Gasteiger partial charge in [-0.15, -0.1) is 0 Å². The van der Waals surface area contributed by atoms with Gasteiger partial charge in [-0.2, -0.15) is 0 Å². The van der Waals surface area contributed by atoms with E-state index in [1.807, 2.05) is 0 Å². The molecule has 0 saturated heterocycles. The fraction of sp³-hybridized carbons (Fsp3) is 0.311. The Bertz CT molecular complexity index is 3040. The molecule has 0 radical (unpaired) electrons. The summed E-state index contributed by atoms with van der Waals surface area (Å²) in [7, 11) is 0. The van der Waals surface area contributed by atoms with Crippen LogP contribution in [-0.4, -0.2) is 12.3 Å². The van der Waals surface area contributed by atoms with Crippen LogP contribution in [0.5, 0.6) is 0 Å². The molecule has 0 N–H and O–H groups in total. The summed E-state index contributed by atoms with van der Waals surface area (Å²) < 4.78 is 0.